The van der Waals surface area contributed by atoms with Crippen LogP contribution in [-0.2, 0) is 6.18 Å². The van der Waals surface area contributed by atoms with Crippen molar-refractivity contribution in [2.24, 2.45) is 0 Å². The maximum Gasteiger partial charge on any atom is 0.418 e. The van der Waals surface area contributed by atoms with Gasteiger partial charge in [0.2, 0.25) is 0 Å². The summed E-state index contributed by atoms with van der Waals surface area (Å²) in [5.74, 6) is -0.490. The number of alkyl halides is 3. The molecule has 0 radical (unpaired) electrons. The molecule has 0 spiro atoms. The first-order chi connectivity index (χ1) is 8.32. The Balaban J connectivity index is 2.88. The number of H-pyrrole nitrogens is 1. The number of fused-ring (bicyclic) bond motifs is 1. The summed E-state index contributed by atoms with van der Waals surface area (Å²) >= 11 is 0. The van der Waals surface area contributed by atoms with Crippen LogP contribution in [0.5, 0.6) is 0 Å². The standard InChI is InChI=1S/C12H8F3NO2/c1-6(17)8-5-16-10-7(11(8)18)3-2-4-9(10)12(13,14)15/h2-5H,1H3,(H,16,18). The molecule has 1 N–H and O–H groups in total. The molecule has 0 bridgehead atoms. The Bertz CT molecular complexity index is 686. The molecule has 94 valence electrons. The van der Waals surface area contributed by atoms with Crippen molar-refractivity contribution in [1.29, 1.82) is 0 Å². The van der Waals surface area contributed by atoms with Crippen LogP contribution in [0.2, 0.25) is 0 Å². The number of Topliss-reactive ketones (excluding diaryl/α,β-unsaturated/α-hetero) is 1. The van der Waals surface area contributed by atoms with E-state index in [9.17, 15) is 22.8 Å². The second-order valence-corrected chi connectivity index (χ2v) is 3.81. The third-order valence-corrected chi connectivity index (χ3v) is 2.60. The molecule has 0 aliphatic rings. The van der Waals surface area contributed by atoms with Gasteiger partial charge in [-0.05, 0) is 19.1 Å². The van der Waals surface area contributed by atoms with Gasteiger partial charge in [0.15, 0.2) is 11.2 Å². The second kappa shape index (κ2) is 3.97. The van der Waals surface area contributed by atoms with Crippen molar-refractivity contribution in [2.75, 3.05) is 0 Å². The first-order valence-corrected chi connectivity index (χ1v) is 5.05. The fraction of sp³-hybridized carbons (Fsp3) is 0.167. The number of nitrogens with one attached hydrogen (secondary N) is 1. The van der Waals surface area contributed by atoms with Gasteiger partial charge >= 0.3 is 6.18 Å². The predicted molar refractivity (Wildman–Crippen MR) is 59.6 cm³/mol. The lowest BCUT2D eigenvalue weighted by Crippen LogP contribution is -2.16. The highest BCUT2D eigenvalue weighted by Gasteiger charge is 2.33. The van der Waals surface area contributed by atoms with E-state index in [-0.39, 0.29) is 16.5 Å². The SMILES string of the molecule is CC(=O)c1c[nH]c2c(C(F)(F)F)cccc2c1=O. The molecule has 2 rings (SSSR count). The average molecular weight is 255 g/mol. The number of rotatable bonds is 1. The molecule has 0 fully saturated rings. The Morgan fingerprint density at radius 1 is 1.28 bits per heavy atom. The van der Waals surface area contributed by atoms with Crippen LogP contribution in [0.25, 0.3) is 10.9 Å². The predicted octanol–water partition coefficient (Wildman–Crippen LogP) is 2.75. The molecular formula is C12H8F3NO2. The minimum Gasteiger partial charge on any atom is -0.360 e. The Morgan fingerprint density at radius 3 is 2.50 bits per heavy atom. The molecule has 1 aromatic heterocycles. The lowest BCUT2D eigenvalue weighted by Gasteiger charge is -2.10. The fourth-order valence-corrected chi connectivity index (χ4v) is 1.75. The Kier molecular flexibility index (Phi) is 2.73. The van der Waals surface area contributed by atoms with Crippen molar-refractivity contribution < 1.29 is 18.0 Å². The summed E-state index contributed by atoms with van der Waals surface area (Å²) in [6, 6.07) is 3.28. The molecule has 0 saturated heterocycles. The quantitative estimate of drug-likeness (QED) is 0.796. The van der Waals surface area contributed by atoms with Crippen LogP contribution in [0.1, 0.15) is 22.8 Å². The van der Waals surface area contributed by atoms with Gasteiger partial charge in [0.25, 0.3) is 0 Å². The number of pyridine rings is 1. The van der Waals surface area contributed by atoms with E-state index >= 15 is 0 Å². The smallest absolute Gasteiger partial charge is 0.360 e. The van der Waals surface area contributed by atoms with Gasteiger partial charge < -0.3 is 4.98 Å². The van der Waals surface area contributed by atoms with Gasteiger partial charge in [-0.3, -0.25) is 9.59 Å². The highest BCUT2D eigenvalue weighted by molar-refractivity contribution is 5.97. The summed E-state index contributed by atoms with van der Waals surface area (Å²) in [4.78, 5) is 25.4. The van der Waals surface area contributed by atoms with E-state index in [2.05, 4.69) is 4.98 Å². The Labute approximate surface area is 99.2 Å². The zero-order valence-electron chi connectivity index (χ0n) is 9.26. The molecule has 0 unspecified atom stereocenters. The Hall–Kier alpha value is -2.11. The van der Waals surface area contributed by atoms with Gasteiger partial charge in [-0.2, -0.15) is 13.2 Å². The number of para-hydroxylation sites is 1. The van der Waals surface area contributed by atoms with E-state index in [1.807, 2.05) is 0 Å². The van der Waals surface area contributed by atoms with E-state index in [1.165, 1.54) is 13.0 Å². The lowest BCUT2D eigenvalue weighted by molar-refractivity contribution is -0.136. The van der Waals surface area contributed by atoms with Crippen LogP contribution in [0, 0.1) is 0 Å². The van der Waals surface area contributed by atoms with Gasteiger partial charge in [0, 0.05) is 11.6 Å². The van der Waals surface area contributed by atoms with Gasteiger partial charge in [-0.15, -0.1) is 0 Å². The van der Waals surface area contributed by atoms with Crippen molar-refractivity contribution in [3.8, 4) is 0 Å². The maximum absolute atomic E-state index is 12.7. The molecule has 0 amide bonds. The maximum atomic E-state index is 12.7. The molecule has 3 nitrogen and oxygen atoms in total. The molecule has 1 heterocycles. The van der Waals surface area contributed by atoms with Gasteiger partial charge in [0.1, 0.15) is 0 Å². The number of halogens is 3. The third-order valence-electron chi connectivity index (χ3n) is 2.60. The van der Waals surface area contributed by atoms with Gasteiger partial charge in [-0.25, -0.2) is 0 Å². The lowest BCUT2D eigenvalue weighted by atomic mass is 10.1. The Morgan fingerprint density at radius 2 is 1.94 bits per heavy atom. The van der Waals surface area contributed by atoms with E-state index in [1.54, 1.807) is 0 Å². The monoisotopic (exact) mass is 255 g/mol. The van der Waals surface area contributed by atoms with Crippen LogP contribution in [-0.4, -0.2) is 10.8 Å². The van der Waals surface area contributed by atoms with Gasteiger partial charge in [-0.1, -0.05) is 6.07 Å². The summed E-state index contributed by atoms with van der Waals surface area (Å²) in [7, 11) is 0. The number of hydrogen-bond donors (Lipinski definition) is 1. The number of benzene rings is 1. The largest absolute Gasteiger partial charge is 0.418 e. The van der Waals surface area contributed by atoms with Crippen molar-refractivity contribution >= 4 is 16.7 Å². The second-order valence-electron chi connectivity index (χ2n) is 3.81. The minimum atomic E-state index is -4.56. The van der Waals surface area contributed by atoms with E-state index in [0.717, 1.165) is 18.3 Å². The zero-order valence-corrected chi connectivity index (χ0v) is 9.26. The van der Waals surface area contributed by atoms with Crippen LogP contribution in [0.15, 0.2) is 29.2 Å². The zero-order chi connectivity index (χ0) is 13.5. The highest BCUT2D eigenvalue weighted by atomic mass is 19.4. The van der Waals surface area contributed by atoms with Crippen LogP contribution < -0.4 is 5.43 Å². The summed E-state index contributed by atoms with van der Waals surface area (Å²) in [6.45, 7) is 1.18. The fourth-order valence-electron chi connectivity index (χ4n) is 1.75. The summed E-state index contributed by atoms with van der Waals surface area (Å²) < 4.78 is 38.2. The molecule has 0 aliphatic heterocycles. The number of ketones is 1. The summed E-state index contributed by atoms with van der Waals surface area (Å²) in [5, 5.41) is -0.141. The summed E-state index contributed by atoms with van der Waals surface area (Å²) in [5.41, 5.74) is -2.07. The number of aromatic amines is 1. The van der Waals surface area contributed by atoms with E-state index < -0.39 is 23.0 Å². The number of carbonyl (C=O) groups excluding carboxylic acids is 1. The topological polar surface area (TPSA) is 49.9 Å². The first kappa shape index (κ1) is 12.3. The molecule has 0 atom stereocenters. The molecule has 18 heavy (non-hydrogen) atoms. The normalized spacial score (nSPS) is 11.8. The number of hydrogen-bond acceptors (Lipinski definition) is 2. The van der Waals surface area contributed by atoms with E-state index in [0.29, 0.717) is 0 Å². The molecule has 1 aromatic carbocycles. The first-order valence-electron chi connectivity index (χ1n) is 5.05. The van der Waals surface area contributed by atoms with Crippen LogP contribution >= 0.6 is 0 Å². The molecule has 6 heteroatoms. The van der Waals surface area contributed by atoms with Crippen molar-refractivity contribution in [3.05, 3.63) is 45.7 Å². The van der Waals surface area contributed by atoms with E-state index in [4.69, 9.17) is 0 Å². The third kappa shape index (κ3) is 1.90. The summed E-state index contributed by atoms with van der Waals surface area (Å²) in [6.07, 6.45) is -3.54. The molecule has 0 saturated carbocycles. The van der Waals surface area contributed by atoms with Crippen LogP contribution in [0.4, 0.5) is 13.2 Å². The minimum absolute atomic E-state index is 0.141. The van der Waals surface area contributed by atoms with Crippen molar-refractivity contribution in [3.63, 3.8) is 0 Å². The number of aromatic nitrogens is 1. The average Bonchev–Trinajstić information content (AvgIpc) is 2.27. The van der Waals surface area contributed by atoms with Crippen molar-refractivity contribution in [1.82, 2.24) is 4.98 Å². The highest BCUT2D eigenvalue weighted by Crippen LogP contribution is 2.32. The molecule has 2 aromatic rings. The van der Waals surface area contributed by atoms with Crippen LogP contribution in [0.3, 0.4) is 0 Å². The number of carbonyl (C=O) groups is 1. The molecule has 0 aliphatic carbocycles. The van der Waals surface area contributed by atoms with Gasteiger partial charge in [0.05, 0.1) is 16.6 Å². The van der Waals surface area contributed by atoms with Crippen molar-refractivity contribution in [2.45, 2.75) is 13.1 Å². The molecular weight excluding hydrogens is 247 g/mol.